The number of hydrogen-bond donors (Lipinski definition) is 1. The van der Waals surface area contributed by atoms with Gasteiger partial charge in [0, 0.05) is 40.5 Å². The number of carbonyl (C=O) groups excluding carboxylic acids is 1. The van der Waals surface area contributed by atoms with E-state index in [1.807, 2.05) is 30.3 Å². The number of methoxy groups -OCH3 is 1. The van der Waals surface area contributed by atoms with Crippen LogP contribution in [0.4, 0.5) is 0 Å². The van der Waals surface area contributed by atoms with Gasteiger partial charge in [0.2, 0.25) is 0 Å². The Morgan fingerprint density at radius 1 is 1.18 bits per heavy atom. The summed E-state index contributed by atoms with van der Waals surface area (Å²) in [5, 5.41) is 2.88. The van der Waals surface area contributed by atoms with Gasteiger partial charge in [-0.25, -0.2) is 0 Å². The van der Waals surface area contributed by atoms with Gasteiger partial charge < -0.3 is 10.1 Å². The Balaban J connectivity index is 2.04. The molecule has 0 heterocycles. The van der Waals surface area contributed by atoms with E-state index < -0.39 is 10.8 Å². The molecule has 2 aromatic rings. The Bertz CT molecular complexity index is 685. The second-order valence-corrected chi connectivity index (χ2v) is 6.35. The molecule has 0 aliphatic carbocycles. The molecule has 1 atom stereocenters. The molecule has 4 nitrogen and oxygen atoms in total. The zero-order valence-corrected chi connectivity index (χ0v) is 13.5. The van der Waals surface area contributed by atoms with E-state index in [1.54, 1.807) is 31.6 Å². The smallest absolute Gasteiger partial charge is 0.251 e. The van der Waals surface area contributed by atoms with E-state index in [2.05, 4.69) is 5.32 Å². The van der Waals surface area contributed by atoms with Crippen LogP contribution in [-0.4, -0.2) is 23.5 Å². The molecule has 0 spiro atoms. The van der Waals surface area contributed by atoms with Crippen molar-refractivity contribution in [3.8, 4) is 5.75 Å². The van der Waals surface area contributed by atoms with Gasteiger partial charge in [0.1, 0.15) is 5.75 Å². The summed E-state index contributed by atoms with van der Waals surface area (Å²) in [5.41, 5.74) is 2.38. The number of nitrogens with one attached hydrogen (secondary N) is 1. The summed E-state index contributed by atoms with van der Waals surface area (Å²) in [5.74, 6) is 1.04. The SMILES string of the molecule is COc1ccccc1CNC(=O)c1cccc(CS(C)=O)c1. The summed E-state index contributed by atoms with van der Waals surface area (Å²) < 4.78 is 16.5. The van der Waals surface area contributed by atoms with E-state index in [9.17, 15) is 9.00 Å². The predicted octanol–water partition coefficient (Wildman–Crippen LogP) is 2.50. The van der Waals surface area contributed by atoms with Crippen molar-refractivity contribution in [3.05, 3.63) is 65.2 Å². The molecule has 5 heteroatoms. The van der Waals surface area contributed by atoms with Crippen LogP contribution in [0.15, 0.2) is 48.5 Å². The van der Waals surface area contributed by atoms with Gasteiger partial charge in [-0.2, -0.15) is 0 Å². The van der Waals surface area contributed by atoms with Gasteiger partial charge in [-0.1, -0.05) is 30.3 Å². The molecule has 2 rings (SSSR count). The van der Waals surface area contributed by atoms with E-state index in [4.69, 9.17) is 4.74 Å². The summed E-state index contributed by atoms with van der Waals surface area (Å²) in [4.78, 5) is 12.2. The monoisotopic (exact) mass is 317 g/mol. The number of carbonyl (C=O) groups is 1. The zero-order valence-electron chi connectivity index (χ0n) is 12.7. The first-order valence-electron chi connectivity index (χ1n) is 6.89. The average molecular weight is 317 g/mol. The van der Waals surface area contributed by atoms with Gasteiger partial charge >= 0.3 is 0 Å². The van der Waals surface area contributed by atoms with Crippen molar-refractivity contribution in [2.45, 2.75) is 12.3 Å². The van der Waals surface area contributed by atoms with E-state index in [0.717, 1.165) is 16.9 Å². The maximum absolute atomic E-state index is 12.2. The van der Waals surface area contributed by atoms with E-state index >= 15 is 0 Å². The molecule has 0 saturated heterocycles. The van der Waals surface area contributed by atoms with E-state index in [0.29, 0.717) is 17.9 Å². The molecule has 0 aromatic heterocycles. The van der Waals surface area contributed by atoms with Crippen LogP contribution in [0.1, 0.15) is 21.5 Å². The molecular weight excluding hydrogens is 298 g/mol. The van der Waals surface area contributed by atoms with Crippen molar-refractivity contribution in [1.29, 1.82) is 0 Å². The predicted molar refractivity (Wildman–Crippen MR) is 88.4 cm³/mol. The fourth-order valence-corrected chi connectivity index (χ4v) is 2.81. The molecule has 0 saturated carbocycles. The van der Waals surface area contributed by atoms with Gasteiger partial charge in [0.25, 0.3) is 5.91 Å². The lowest BCUT2D eigenvalue weighted by Gasteiger charge is -2.10. The second kappa shape index (κ2) is 7.75. The Morgan fingerprint density at radius 2 is 1.95 bits per heavy atom. The van der Waals surface area contributed by atoms with Crippen LogP contribution in [0.25, 0.3) is 0 Å². The van der Waals surface area contributed by atoms with Crippen LogP contribution in [0.5, 0.6) is 5.75 Å². The van der Waals surface area contributed by atoms with Gasteiger partial charge in [0.05, 0.1) is 7.11 Å². The molecule has 0 aliphatic rings. The molecule has 0 aliphatic heterocycles. The molecule has 0 radical (unpaired) electrons. The fourth-order valence-electron chi connectivity index (χ4n) is 2.16. The van der Waals surface area contributed by atoms with Crippen LogP contribution in [0.2, 0.25) is 0 Å². The van der Waals surface area contributed by atoms with Crippen molar-refractivity contribution in [2.75, 3.05) is 13.4 Å². The van der Waals surface area contributed by atoms with Crippen molar-refractivity contribution in [1.82, 2.24) is 5.32 Å². The highest BCUT2D eigenvalue weighted by atomic mass is 32.2. The number of amides is 1. The fraction of sp³-hybridized carbons (Fsp3) is 0.235. The minimum Gasteiger partial charge on any atom is -0.496 e. The summed E-state index contributed by atoms with van der Waals surface area (Å²) in [6, 6.07) is 14.8. The Hall–Kier alpha value is -2.14. The largest absolute Gasteiger partial charge is 0.496 e. The first-order chi connectivity index (χ1) is 10.6. The van der Waals surface area contributed by atoms with Gasteiger partial charge in [0.15, 0.2) is 0 Å². The quantitative estimate of drug-likeness (QED) is 0.890. The molecule has 2 aromatic carbocycles. The Kier molecular flexibility index (Phi) is 5.72. The van der Waals surface area contributed by atoms with Crippen LogP contribution < -0.4 is 10.1 Å². The molecule has 0 fully saturated rings. The second-order valence-electron chi connectivity index (χ2n) is 4.91. The molecular formula is C17H19NO3S. The first kappa shape index (κ1) is 16.2. The maximum atomic E-state index is 12.2. The minimum absolute atomic E-state index is 0.158. The van der Waals surface area contributed by atoms with Crippen LogP contribution in [0.3, 0.4) is 0 Å². The number of rotatable bonds is 6. The van der Waals surface area contributed by atoms with Crippen LogP contribution in [0, 0.1) is 0 Å². The standard InChI is InChI=1S/C17H19NO3S/c1-21-16-9-4-3-7-15(16)11-18-17(19)14-8-5-6-13(10-14)12-22(2)20/h3-10H,11-12H2,1-2H3,(H,18,19). The topological polar surface area (TPSA) is 55.4 Å². The molecule has 1 amide bonds. The lowest BCUT2D eigenvalue weighted by Crippen LogP contribution is -2.23. The summed E-state index contributed by atoms with van der Waals surface area (Å²) in [6.07, 6.45) is 1.65. The van der Waals surface area contributed by atoms with Gasteiger partial charge in [-0.05, 0) is 23.8 Å². The van der Waals surface area contributed by atoms with Crippen molar-refractivity contribution in [2.24, 2.45) is 0 Å². The maximum Gasteiger partial charge on any atom is 0.251 e. The Labute approximate surface area is 133 Å². The normalized spacial score (nSPS) is 11.7. The lowest BCUT2D eigenvalue weighted by atomic mass is 10.1. The van der Waals surface area contributed by atoms with Crippen LogP contribution >= 0.6 is 0 Å². The highest BCUT2D eigenvalue weighted by Crippen LogP contribution is 2.17. The third-order valence-electron chi connectivity index (χ3n) is 3.19. The van der Waals surface area contributed by atoms with E-state index in [-0.39, 0.29) is 5.91 Å². The minimum atomic E-state index is -0.924. The third-order valence-corrected chi connectivity index (χ3v) is 3.93. The number of benzene rings is 2. The summed E-state index contributed by atoms with van der Waals surface area (Å²) in [7, 11) is 0.682. The lowest BCUT2D eigenvalue weighted by molar-refractivity contribution is 0.0950. The summed E-state index contributed by atoms with van der Waals surface area (Å²) in [6.45, 7) is 0.396. The van der Waals surface area contributed by atoms with E-state index in [1.165, 1.54) is 0 Å². The summed E-state index contributed by atoms with van der Waals surface area (Å²) >= 11 is 0. The molecule has 1 N–H and O–H groups in total. The first-order valence-corrected chi connectivity index (χ1v) is 8.62. The van der Waals surface area contributed by atoms with Crippen molar-refractivity contribution < 1.29 is 13.7 Å². The number of para-hydroxylation sites is 1. The molecule has 0 bridgehead atoms. The van der Waals surface area contributed by atoms with Gasteiger partial charge in [-0.15, -0.1) is 0 Å². The van der Waals surface area contributed by atoms with Crippen molar-refractivity contribution in [3.63, 3.8) is 0 Å². The molecule has 116 valence electrons. The van der Waals surface area contributed by atoms with Crippen LogP contribution in [-0.2, 0) is 23.1 Å². The molecule has 22 heavy (non-hydrogen) atoms. The highest BCUT2D eigenvalue weighted by Gasteiger charge is 2.08. The zero-order chi connectivity index (χ0) is 15.9. The number of hydrogen-bond acceptors (Lipinski definition) is 3. The Morgan fingerprint density at radius 3 is 2.68 bits per heavy atom. The number of ether oxygens (including phenoxy) is 1. The molecule has 1 unspecified atom stereocenters. The van der Waals surface area contributed by atoms with Gasteiger partial charge in [-0.3, -0.25) is 9.00 Å². The highest BCUT2D eigenvalue weighted by molar-refractivity contribution is 7.83. The van der Waals surface area contributed by atoms with Crippen molar-refractivity contribution >= 4 is 16.7 Å². The average Bonchev–Trinajstić information content (AvgIpc) is 2.52. The third kappa shape index (κ3) is 4.43.